The summed E-state index contributed by atoms with van der Waals surface area (Å²) in [7, 11) is 0. The molecule has 1 N–H and O–H groups in total. The second-order valence-corrected chi connectivity index (χ2v) is 4.85. The van der Waals surface area contributed by atoms with Crippen LogP contribution in [0.15, 0.2) is 18.7 Å². The molecule has 0 atom stereocenters. The monoisotopic (exact) mass is 227 g/mol. The van der Waals surface area contributed by atoms with E-state index in [1.807, 2.05) is 30.5 Å². The van der Waals surface area contributed by atoms with E-state index in [-0.39, 0.29) is 0 Å². The molecular formula is C11H21N3S. The zero-order valence-electron chi connectivity index (χ0n) is 9.48. The summed E-state index contributed by atoms with van der Waals surface area (Å²) in [4.78, 5) is 4.02. The number of hydrogen-bond donors (Lipinski definition) is 1. The molecule has 0 bridgehead atoms. The van der Waals surface area contributed by atoms with Gasteiger partial charge in [0.15, 0.2) is 0 Å². The Bertz CT molecular complexity index is 224. The molecule has 0 aromatic carbocycles. The minimum Gasteiger partial charge on any atom is -0.337 e. The van der Waals surface area contributed by atoms with Crippen LogP contribution in [0.25, 0.3) is 0 Å². The van der Waals surface area contributed by atoms with Gasteiger partial charge in [-0.1, -0.05) is 6.92 Å². The Morgan fingerprint density at radius 1 is 1.33 bits per heavy atom. The quantitative estimate of drug-likeness (QED) is 0.655. The first-order valence-electron chi connectivity index (χ1n) is 5.67. The van der Waals surface area contributed by atoms with Gasteiger partial charge >= 0.3 is 0 Å². The zero-order valence-corrected chi connectivity index (χ0v) is 10.3. The normalized spacial score (nSPS) is 10.7. The Morgan fingerprint density at radius 2 is 2.27 bits per heavy atom. The number of unbranched alkanes of at least 4 members (excludes halogenated alkanes) is 1. The molecule has 1 aromatic heterocycles. The van der Waals surface area contributed by atoms with Crippen LogP contribution in [0.3, 0.4) is 0 Å². The van der Waals surface area contributed by atoms with E-state index >= 15 is 0 Å². The van der Waals surface area contributed by atoms with Crippen LogP contribution in [0.5, 0.6) is 0 Å². The van der Waals surface area contributed by atoms with Crippen LogP contribution >= 0.6 is 11.8 Å². The molecule has 86 valence electrons. The van der Waals surface area contributed by atoms with Crippen LogP contribution in [-0.2, 0) is 6.54 Å². The van der Waals surface area contributed by atoms with E-state index in [0.29, 0.717) is 0 Å². The molecule has 0 saturated heterocycles. The molecule has 0 radical (unpaired) electrons. The number of nitrogens with one attached hydrogen (secondary N) is 1. The van der Waals surface area contributed by atoms with Gasteiger partial charge in [0.1, 0.15) is 0 Å². The Hall–Kier alpha value is -0.480. The van der Waals surface area contributed by atoms with Crippen molar-refractivity contribution >= 4 is 11.8 Å². The number of rotatable bonds is 9. The van der Waals surface area contributed by atoms with Gasteiger partial charge in [0.2, 0.25) is 0 Å². The fourth-order valence-electron chi connectivity index (χ4n) is 1.38. The summed E-state index contributed by atoms with van der Waals surface area (Å²) in [6.45, 7) is 5.57. The van der Waals surface area contributed by atoms with Crippen LogP contribution in [0, 0.1) is 0 Å². The van der Waals surface area contributed by atoms with Crippen molar-refractivity contribution < 1.29 is 0 Å². The summed E-state index contributed by atoms with van der Waals surface area (Å²) in [5.74, 6) is 2.46. The molecule has 1 heterocycles. The van der Waals surface area contributed by atoms with Crippen molar-refractivity contribution in [2.24, 2.45) is 0 Å². The van der Waals surface area contributed by atoms with E-state index in [1.54, 1.807) is 0 Å². The van der Waals surface area contributed by atoms with Crippen molar-refractivity contribution in [2.75, 3.05) is 24.6 Å². The second kappa shape index (κ2) is 8.80. The van der Waals surface area contributed by atoms with Crippen LogP contribution in [0.4, 0.5) is 0 Å². The van der Waals surface area contributed by atoms with E-state index in [1.165, 1.54) is 24.3 Å². The molecular weight excluding hydrogens is 206 g/mol. The summed E-state index contributed by atoms with van der Waals surface area (Å²) in [6.07, 6.45) is 8.20. The van der Waals surface area contributed by atoms with Gasteiger partial charge < -0.3 is 9.88 Å². The third kappa shape index (κ3) is 6.57. The van der Waals surface area contributed by atoms with Gasteiger partial charge in [0.05, 0.1) is 6.33 Å². The molecule has 0 amide bonds. The number of hydrogen-bond acceptors (Lipinski definition) is 3. The molecule has 0 unspecified atom stereocenters. The lowest BCUT2D eigenvalue weighted by Crippen LogP contribution is -2.18. The Balaban J connectivity index is 1.81. The molecule has 0 spiro atoms. The first-order valence-corrected chi connectivity index (χ1v) is 6.83. The highest BCUT2D eigenvalue weighted by Gasteiger charge is 1.91. The van der Waals surface area contributed by atoms with Gasteiger partial charge in [-0.2, -0.15) is 11.8 Å². The van der Waals surface area contributed by atoms with Crippen molar-refractivity contribution in [3.05, 3.63) is 18.7 Å². The lowest BCUT2D eigenvalue weighted by atomic mass is 10.3. The molecule has 15 heavy (non-hydrogen) atoms. The molecule has 0 aliphatic carbocycles. The number of aryl methyl sites for hydroxylation is 1. The van der Waals surface area contributed by atoms with E-state index in [2.05, 4.69) is 21.8 Å². The van der Waals surface area contributed by atoms with Gasteiger partial charge in [-0.05, 0) is 25.1 Å². The van der Waals surface area contributed by atoms with E-state index in [9.17, 15) is 0 Å². The molecule has 1 aromatic rings. The molecule has 0 saturated carbocycles. The standard InChI is InChI=1S/C11H21N3S/c1-2-15-10-7-12-5-3-4-8-14-9-6-13-11-14/h6,9,11-12H,2-5,7-8,10H2,1H3. The van der Waals surface area contributed by atoms with E-state index in [4.69, 9.17) is 0 Å². The van der Waals surface area contributed by atoms with Gasteiger partial charge in [0, 0.05) is 31.2 Å². The minimum atomic E-state index is 1.09. The van der Waals surface area contributed by atoms with Crippen LogP contribution < -0.4 is 5.32 Å². The molecule has 4 heteroatoms. The van der Waals surface area contributed by atoms with E-state index in [0.717, 1.165) is 19.6 Å². The van der Waals surface area contributed by atoms with Gasteiger partial charge in [-0.25, -0.2) is 4.98 Å². The largest absolute Gasteiger partial charge is 0.337 e. The molecule has 0 aliphatic rings. The average Bonchev–Trinajstić information content (AvgIpc) is 2.75. The first kappa shape index (κ1) is 12.6. The highest BCUT2D eigenvalue weighted by molar-refractivity contribution is 7.99. The van der Waals surface area contributed by atoms with Crippen LogP contribution in [0.1, 0.15) is 19.8 Å². The second-order valence-electron chi connectivity index (χ2n) is 3.45. The van der Waals surface area contributed by atoms with Crippen molar-refractivity contribution in [1.29, 1.82) is 0 Å². The number of aromatic nitrogens is 2. The average molecular weight is 227 g/mol. The third-order valence-electron chi connectivity index (χ3n) is 2.21. The molecule has 3 nitrogen and oxygen atoms in total. The summed E-state index contributed by atoms with van der Waals surface area (Å²) < 4.78 is 2.13. The SMILES string of the molecule is CCSCCNCCCCn1ccnc1. The van der Waals surface area contributed by atoms with Crippen LogP contribution in [-0.4, -0.2) is 34.1 Å². The lowest BCUT2D eigenvalue weighted by molar-refractivity contribution is 0.577. The predicted molar refractivity (Wildman–Crippen MR) is 67.3 cm³/mol. The predicted octanol–water partition coefficient (Wildman–Crippen LogP) is 2.01. The Labute approximate surface area is 96.7 Å². The fraction of sp³-hybridized carbons (Fsp3) is 0.727. The minimum absolute atomic E-state index is 1.09. The van der Waals surface area contributed by atoms with Gasteiger partial charge in [0.25, 0.3) is 0 Å². The van der Waals surface area contributed by atoms with Crippen molar-refractivity contribution in [3.63, 3.8) is 0 Å². The molecule has 0 fully saturated rings. The number of nitrogens with zero attached hydrogens (tertiary/aromatic N) is 2. The van der Waals surface area contributed by atoms with Gasteiger partial charge in [-0.15, -0.1) is 0 Å². The summed E-state index contributed by atoms with van der Waals surface area (Å²) in [5, 5.41) is 3.45. The third-order valence-corrected chi connectivity index (χ3v) is 3.11. The highest BCUT2D eigenvalue weighted by Crippen LogP contribution is 1.96. The maximum absolute atomic E-state index is 4.02. The number of thioether (sulfide) groups is 1. The van der Waals surface area contributed by atoms with E-state index < -0.39 is 0 Å². The van der Waals surface area contributed by atoms with Crippen molar-refractivity contribution in [1.82, 2.24) is 14.9 Å². The topological polar surface area (TPSA) is 29.9 Å². The summed E-state index contributed by atoms with van der Waals surface area (Å²) in [5.41, 5.74) is 0. The smallest absolute Gasteiger partial charge is 0.0945 e. The highest BCUT2D eigenvalue weighted by atomic mass is 32.2. The Morgan fingerprint density at radius 3 is 3.00 bits per heavy atom. The summed E-state index contributed by atoms with van der Waals surface area (Å²) in [6, 6.07) is 0. The van der Waals surface area contributed by atoms with Gasteiger partial charge in [-0.3, -0.25) is 0 Å². The number of imidazole rings is 1. The zero-order chi connectivity index (χ0) is 10.8. The van der Waals surface area contributed by atoms with Crippen LogP contribution in [0.2, 0.25) is 0 Å². The van der Waals surface area contributed by atoms with Crippen molar-refractivity contribution in [2.45, 2.75) is 26.3 Å². The maximum atomic E-state index is 4.02. The molecule has 1 rings (SSSR count). The molecule has 0 aliphatic heterocycles. The lowest BCUT2D eigenvalue weighted by Gasteiger charge is -2.04. The summed E-state index contributed by atoms with van der Waals surface area (Å²) >= 11 is 2.00. The first-order chi connectivity index (χ1) is 7.43. The fourth-order valence-corrected chi connectivity index (χ4v) is 1.95. The maximum Gasteiger partial charge on any atom is 0.0945 e. The Kier molecular flexibility index (Phi) is 7.38. The van der Waals surface area contributed by atoms with Crippen molar-refractivity contribution in [3.8, 4) is 0 Å².